The van der Waals surface area contributed by atoms with Gasteiger partial charge in [0.2, 0.25) is 0 Å². The molecule has 0 bridgehead atoms. The highest BCUT2D eigenvalue weighted by Gasteiger charge is 2.57. The highest BCUT2D eigenvalue weighted by atomic mass is 16.3. The summed E-state index contributed by atoms with van der Waals surface area (Å²) in [5.74, 6) is 1.49. The third-order valence-electron chi connectivity index (χ3n) is 7.74. The summed E-state index contributed by atoms with van der Waals surface area (Å²) in [5, 5.41) is 21.4. The average Bonchev–Trinajstić information content (AvgIpc) is 2.43. The highest BCUT2D eigenvalue weighted by Crippen LogP contribution is 2.63. The van der Waals surface area contributed by atoms with Crippen molar-refractivity contribution in [2.24, 2.45) is 28.6 Å². The number of hydrogen-bond acceptors (Lipinski definition) is 2. The Morgan fingerprint density at radius 3 is 2.41 bits per heavy atom. The molecule has 0 amide bonds. The minimum atomic E-state index is -0.598. The van der Waals surface area contributed by atoms with Gasteiger partial charge < -0.3 is 10.2 Å². The lowest BCUT2D eigenvalue weighted by Gasteiger charge is -2.61. The molecule has 3 aliphatic rings. The topological polar surface area (TPSA) is 40.5 Å². The van der Waals surface area contributed by atoms with Crippen molar-refractivity contribution >= 4 is 0 Å². The van der Waals surface area contributed by atoms with Crippen LogP contribution in [0.15, 0.2) is 11.6 Å². The van der Waals surface area contributed by atoms with E-state index in [2.05, 4.69) is 40.7 Å². The molecule has 0 aromatic heterocycles. The summed E-state index contributed by atoms with van der Waals surface area (Å²) in [6.07, 6.45) is 8.40. The van der Waals surface area contributed by atoms with Gasteiger partial charge in [-0.05, 0) is 67.1 Å². The average molecular weight is 306 g/mol. The van der Waals surface area contributed by atoms with Gasteiger partial charge in [-0.2, -0.15) is 0 Å². The van der Waals surface area contributed by atoms with Gasteiger partial charge in [0.05, 0.1) is 11.7 Å². The maximum Gasteiger partial charge on any atom is 0.0853 e. The summed E-state index contributed by atoms with van der Waals surface area (Å²) in [7, 11) is 0. The van der Waals surface area contributed by atoms with Gasteiger partial charge in [0.1, 0.15) is 0 Å². The van der Waals surface area contributed by atoms with Gasteiger partial charge in [0, 0.05) is 0 Å². The zero-order chi connectivity index (χ0) is 16.3. The summed E-state index contributed by atoms with van der Waals surface area (Å²) in [5.41, 5.74) is 1.22. The molecule has 0 unspecified atom stereocenters. The molecule has 0 aliphatic heterocycles. The van der Waals surface area contributed by atoms with E-state index in [4.69, 9.17) is 0 Å². The molecule has 0 heterocycles. The monoisotopic (exact) mass is 306 g/mol. The second-order valence-corrected chi connectivity index (χ2v) is 9.43. The summed E-state index contributed by atoms with van der Waals surface area (Å²) < 4.78 is 0. The maximum absolute atomic E-state index is 10.9. The first-order chi connectivity index (χ1) is 10.1. The van der Waals surface area contributed by atoms with E-state index in [0.717, 1.165) is 38.5 Å². The molecule has 2 fully saturated rings. The Morgan fingerprint density at radius 2 is 1.77 bits per heavy atom. The largest absolute Gasteiger partial charge is 0.393 e. The van der Waals surface area contributed by atoms with Gasteiger partial charge in [0.25, 0.3) is 0 Å². The third kappa shape index (κ3) is 2.21. The fraction of sp³-hybridized carbons (Fsp3) is 0.900. The molecule has 126 valence electrons. The van der Waals surface area contributed by atoms with Crippen molar-refractivity contribution in [3.8, 4) is 0 Å². The molecule has 2 heteroatoms. The van der Waals surface area contributed by atoms with E-state index in [-0.39, 0.29) is 17.4 Å². The van der Waals surface area contributed by atoms with Gasteiger partial charge in [-0.15, -0.1) is 0 Å². The number of hydrogen-bond donors (Lipinski definition) is 2. The quantitative estimate of drug-likeness (QED) is 0.709. The molecule has 0 aromatic rings. The van der Waals surface area contributed by atoms with Crippen LogP contribution in [0.4, 0.5) is 0 Å². The lowest BCUT2D eigenvalue weighted by Crippen LogP contribution is -2.56. The number of fused-ring (bicyclic) bond motifs is 3. The van der Waals surface area contributed by atoms with Crippen LogP contribution in [0.1, 0.15) is 73.1 Å². The summed E-state index contributed by atoms with van der Waals surface area (Å²) in [6.45, 7) is 11.3. The molecule has 5 atom stereocenters. The van der Waals surface area contributed by atoms with Gasteiger partial charge in [0.15, 0.2) is 0 Å². The fourth-order valence-corrected chi connectivity index (χ4v) is 6.02. The summed E-state index contributed by atoms with van der Waals surface area (Å²) in [4.78, 5) is 0. The molecule has 2 N–H and O–H groups in total. The molecule has 0 aromatic carbocycles. The minimum absolute atomic E-state index is 0.0182. The Bertz CT molecular complexity index is 478. The first-order valence-corrected chi connectivity index (χ1v) is 9.23. The first-order valence-electron chi connectivity index (χ1n) is 9.23. The molecule has 0 spiro atoms. The SMILES string of the molecule is CC(C)[C@@]1(O)C=C2CC[C@@H]3C(C)(C)[C@@H](O)CC[C@@]3(C)[C@@H]2CC1. The number of aliphatic hydroxyl groups excluding tert-OH is 1. The second-order valence-electron chi connectivity index (χ2n) is 9.43. The molecular weight excluding hydrogens is 272 g/mol. The van der Waals surface area contributed by atoms with Crippen molar-refractivity contribution in [1.29, 1.82) is 0 Å². The van der Waals surface area contributed by atoms with Crippen molar-refractivity contribution in [3.63, 3.8) is 0 Å². The Balaban J connectivity index is 1.95. The van der Waals surface area contributed by atoms with Gasteiger partial charge >= 0.3 is 0 Å². The van der Waals surface area contributed by atoms with E-state index in [1.54, 1.807) is 0 Å². The number of allylic oxidation sites excluding steroid dienone is 1. The lowest BCUT2D eigenvalue weighted by atomic mass is 9.45. The van der Waals surface area contributed by atoms with Crippen molar-refractivity contribution in [2.75, 3.05) is 0 Å². The van der Waals surface area contributed by atoms with Crippen LogP contribution < -0.4 is 0 Å². The molecule has 22 heavy (non-hydrogen) atoms. The van der Waals surface area contributed by atoms with E-state index in [1.807, 2.05) is 0 Å². The van der Waals surface area contributed by atoms with Crippen LogP contribution in [0.3, 0.4) is 0 Å². The van der Waals surface area contributed by atoms with Crippen LogP contribution >= 0.6 is 0 Å². The van der Waals surface area contributed by atoms with E-state index in [9.17, 15) is 10.2 Å². The van der Waals surface area contributed by atoms with E-state index in [0.29, 0.717) is 17.3 Å². The van der Waals surface area contributed by atoms with Crippen LogP contribution in [0.5, 0.6) is 0 Å². The van der Waals surface area contributed by atoms with Crippen molar-refractivity contribution in [2.45, 2.75) is 84.8 Å². The molecule has 0 saturated heterocycles. The zero-order valence-electron chi connectivity index (χ0n) is 15.0. The molecule has 3 aliphatic carbocycles. The molecule has 0 radical (unpaired) electrons. The van der Waals surface area contributed by atoms with Crippen LogP contribution in [-0.4, -0.2) is 21.9 Å². The first kappa shape index (κ1) is 16.5. The van der Waals surface area contributed by atoms with Crippen molar-refractivity contribution < 1.29 is 10.2 Å². The number of rotatable bonds is 1. The smallest absolute Gasteiger partial charge is 0.0853 e. The highest BCUT2D eigenvalue weighted by molar-refractivity contribution is 5.26. The van der Waals surface area contributed by atoms with Crippen LogP contribution in [0.2, 0.25) is 0 Å². The Morgan fingerprint density at radius 1 is 1.09 bits per heavy atom. The van der Waals surface area contributed by atoms with Gasteiger partial charge in [-0.25, -0.2) is 0 Å². The van der Waals surface area contributed by atoms with Crippen LogP contribution in [0.25, 0.3) is 0 Å². The fourth-order valence-electron chi connectivity index (χ4n) is 6.02. The normalized spacial score (nSPS) is 47.6. The Kier molecular flexibility index (Phi) is 3.81. The van der Waals surface area contributed by atoms with Crippen LogP contribution in [0, 0.1) is 28.6 Å². The number of aliphatic hydroxyl groups is 2. The van der Waals surface area contributed by atoms with E-state index < -0.39 is 5.60 Å². The predicted octanol–water partition coefficient (Wildman–Crippen LogP) is 4.31. The van der Waals surface area contributed by atoms with Crippen molar-refractivity contribution in [1.82, 2.24) is 0 Å². The Labute approximate surface area is 136 Å². The maximum atomic E-state index is 10.9. The van der Waals surface area contributed by atoms with Gasteiger partial charge in [-0.1, -0.05) is 46.3 Å². The summed E-state index contributed by atoms with van der Waals surface area (Å²) in [6, 6.07) is 0. The van der Waals surface area contributed by atoms with Gasteiger partial charge in [-0.3, -0.25) is 0 Å². The third-order valence-corrected chi connectivity index (χ3v) is 7.74. The molecule has 2 nitrogen and oxygen atoms in total. The van der Waals surface area contributed by atoms with E-state index >= 15 is 0 Å². The predicted molar refractivity (Wildman–Crippen MR) is 90.4 cm³/mol. The lowest BCUT2D eigenvalue weighted by molar-refractivity contribution is -0.130. The molecule has 2 saturated carbocycles. The van der Waals surface area contributed by atoms with Crippen molar-refractivity contribution in [3.05, 3.63) is 11.6 Å². The standard InChI is InChI=1S/C20H34O2/c1-13(2)20(22)11-8-15-14(12-20)6-7-16-18(3,4)17(21)9-10-19(15,16)5/h12-13,15-17,21-22H,6-11H2,1-5H3/t15-,16-,17+,19+,20+/m1/s1. The second kappa shape index (κ2) is 5.08. The molecule has 3 rings (SSSR count). The molecular formula is C20H34O2. The van der Waals surface area contributed by atoms with Crippen LogP contribution in [-0.2, 0) is 0 Å². The van der Waals surface area contributed by atoms with E-state index in [1.165, 1.54) is 5.57 Å². The Hall–Kier alpha value is -0.340. The minimum Gasteiger partial charge on any atom is -0.393 e. The zero-order valence-corrected chi connectivity index (χ0v) is 15.0. The summed E-state index contributed by atoms with van der Waals surface area (Å²) >= 11 is 0.